The monoisotopic (exact) mass is 223 g/mol. The molecule has 15 heavy (non-hydrogen) atoms. The van der Waals surface area contributed by atoms with Crippen molar-refractivity contribution in [3.8, 4) is 0 Å². The summed E-state index contributed by atoms with van der Waals surface area (Å²) in [5.41, 5.74) is 0.955. The van der Waals surface area contributed by atoms with Crippen molar-refractivity contribution in [2.24, 2.45) is 5.92 Å². The lowest BCUT2D eigenvalue weighted by Crippen LogP contribution is -2.40. The van der Waals surface area contributed by atoms with Gasteiger partial charge in [0.05, 0.1) is 0 Å². The molecule has 1 unspecified atom stereocenters. The molecule has 0 aliphatic carbocycles. The number of hydrogen-bond donors (Lipinski definition) is 0. The van der Waals surface area contributed by atoms with Gasteiger partial charge in [-0.1, -0.05) is 18.5 Å². The molecule has 0 aromatic heterocycles. The summed E-state index contributed by atoms with van der Waals surface area (Å²) in [6, 6.07) is 7.45. The van der Waals surface area contributed by atoms with Crippen molar-refractivity contribution in [1.82, 2.24) is 0 Å². The van der Waals surface area contributed by atoms with Gasteiger partial charge in [0, 0.05) is 23.2 Å². The molecule has 2 rings (SSSR count). The van der Waals surface area contributed by atoms with Crippen LogP contribution in [0.2, 0.25) is 5.02 Å². The van der Waals surface area contributed by atoms with E-state index in [0.717, 1.165) is 25.1 Å². The third-order valence-corrected chi connectivity index (χ3v) is 3.10. The Kier molecular flexibility index (Phi) is 2.96. The average Bonchev–Trinajstić information content (AvgIpc) is 2.24. The van der Waals surface area contributed by atoms with Crippen LogP contribution in [0.15, 0.2) is 24.3 Å². The van der Waals surface area contributed by atoms with Crippen molar-refractivity contribution in [2.45, 2.75) is 19.8 Å². The first-order valence-corrected chi connectivity index (χ1v) is 5.63. The van der Waals surface area contributed by atoms with Crippen LogP contribution in [0.25, 0.3) is 0 Å². The van der Waals surface area contributed by atoms with Crippen LogP contribution < -0.4 is 4.90 Å². The van der Waals surface area contributed by atoms with Gasteiger partial charge in [-0.25, -0.2) is 0 Å². The Hall–Kier alpha value is -1.02. The topological polar surface area (TPSA) is 20.3 Å². The summed E-state index contributed by atoms with van der Waals surface area (Å²) in [4.78, 5) is 13.8. The molecule has 2 nitrogen and oxygen atoms in total. The summed E-state index contributed by atoms with van der Waals surface area (Å²) in [6.45, 7) is 2.81. The number of carbonyl (C=O) groups is 1. The standard InChI is InChI=1S/C12H14ClNO/c1-9-3-2-8-14(12(9)15)11-6-4-10(13)5-7-11/h4-7,9H,2-3,8H2,1H3. The number of anilines is 1. The highest BCUT2D eigenvalue weighted by Crippen LogP contribution is 2.25. The highest BCUT2D eigenvalue weighted by molar-refractivity contribution is 6.30. The second kappa shape index (κ2) is 4.23. The van der Waals surface area contributed by atoms with Gasteiger partial charge in [0.25, 0.3) is 0 Å². The van der Waals surface area contributed by atoms with E-state index in [4.69, 9.17) is 11.6 Å². The van der Waals surface area contributed by atoms with E-state index in [1.54, 1.807) is 0 Å². The maximum absolute atomic E-state index is 11.9. The number of nitrogens with zero attached hydrogens (tertiary/aromatic N) is 1. The maximum atomic E-state index is 11.9. The Morgan fingerprint density at radius 2 is 2.00 bits per heavy atom. The Morgan fingerprint density at radius 3 is 2.67 bits per heavy atom. The van der Waals surface area contributed by atoms with Gasteiger partial charge < -0.3 is 4.90 Å². The fourth-order valence-corrected chi connectivity index (χ4v) is 2.06. The van der Waals surface area contributed by atoms with E-state index in [2.05, 4.69) is 0 Å². The fourth-order valence-electron chi connectivity index (χ4n) is 1.93. The molecule has 0 spiro atoms. The molecule has 0 radical (unpaired) electrons. The first-order valence-electron chi connectivity index (χ1n) is 5.25. The second-order valence-electron chi connectivity index (χ2n) is 4.01. The Bertz CT molecular complexity index is 360. The number of carbonyl (C=O) groups excluding carboxylic acids is 1. The first kappa shape index (κ1) is 10.5. The zero-order valence-corrected chi connectivity index (χ0v) is 9.50. The van der Waals surface area contributed by atoms with Crippen LogP contribution in [-0.4, -0.2) is 12.5 Å². The van der Waals surface area contributed by atoms with Gasteiger partial charge in [-0.05, 0) is 37.1 Å². The third kappa shape index (κ3) is 2.15. The molecule has 1 aromatic rings. The average molecular weight is 224 g/mol. The van der Waals surface area contributed by atoms with Gasteiger partial charge >= 0.3 is 0 Å². The van der Waals surface area contributed by atoms with Crippen LogP contribution in [0, 0.1) is 5.92 Å². The molecule has 1 fully saturated rings. The number of benzene rings is 1. The molecule has 0 N–H and O–H groups in total. The minimum absolute atomic E-state index is 0.148. The largest absolute Gasteiger partial charge is 0.312 e. The zero-order chi connectivity index (χ0) is 10.8. The summed E-state index contributed by atoms with van der Waals surface area (Å²) in [5, 5.41) is 0.705. The van der Waals surface area contributed by atoms with Crippen LogP contribution in [0.3, 0.4) is 0 Å². The van der Waals surface area contributed by atoms with Crippen LogP contribution >= 0.6 is 11.6 Å². The van der Waals surface area contributed by atoms with Gasteiger partial charge in [0.2, 0.25) is 5.91 Å². The summed E-state index contributed by atoms with van der Waals surface area (Å²) < 4.78 is 0. The molecule has 1 saturated heterocycles. The van der Waals surface area contributed by atoms with Crippen LogP contribution in [0.5, 0.6) is 0 Å². The number of piperidine rings is 1. The lowest BCUT2D eigenvalue weighted by molar-refractivity contribution is -0.123. The van der Waals surface area contributed by atoms with Crippen molar-refractivity contribution in [3.05, 3.63) is 29.3 Å². The first-order chi connectivity index (χ1) is 7.18. The highest BCUT2D eigenvalue weighted by atomic mass is 35.5. The maximum Gasteiger partial charge on any atom is 0.229 e. The van der Waals surface area contributed by atoms with E-state index in [1.165, 1.54) is 0 Å². The molecule has 80 valence electrons. The molecule has 1 amide bonds. The van der Waals surface area contributed by atoms with E-state index in [1.807, 2.05) is 36.1 Å². The molecule has 1 atom stereocenters. The number of halogens is 1. The predicted octanol–water partition coefficient (Wildman–Crippen LogP) is 3.10. The molecule has 1 heterocycles. The van der Waals surface area contributed by atoms with E-state index >= 15 is 0 Å². The van der Waals surface area contributed by atoms with Crippen molar-refractivity contribution in [1.29, 1.82) is 0 Å². The predicted molar refractivity (Wildman–Crippen MR) is 62.2 cm³/mol. The highest BCUT2D eigenvalue weighted by Gasteiger charge is 2.25. The Balaban J connectivity index is 2.22. The zero-order valence-electron chi connectivity index (χ0n) is 8.74. The van der Waals surface area contributed by atoms with E-state index in [-0.39, 0.29) is 11.8 Å². The molecule has 0 saturated carbocycles. The quantitative estimate of drug-likeness (QED) is 0.717. The normalized spacial score (nSPS) is 21.9. The molecule has 0 bridgehead atoms. The van der Waals surface area contributed by atoms with Gasteiger partial charge in [-0.15, -0.1) is 0 Å². The SMILES string of the molecule is CC1CCCN(c2ccc(Cl)cc2)C1=O. The third-order valence-electron chi connectivity index (χ3n) is 2.84. The van der Waals surface area contributed by atoms with Gasteiger partial charge in [0.15, 0.2) is 0 Å². The van der Waals surface area contributed by atoms with Crippen LogP contribution in [-0.2, 0) is 4.79 Å². The van der Waals surface area contributed by atoms with E-state index in [0.29, 0.717) is 5.02 Å². The summed E-state index contributed by atoms with van der Waals surface area (Å²) in [6.07, 6.45) is 2.08. The minimum Gasteiger partial charge on any atom is -0.312 e. The fraction of sp³-hybridized carbons (Fsp3) is 0.417. The molecular weight excluding hydrogens is 210 g/mol. The molecule has 1 aliphatic heterocycles. The second-order valence-corrected chi connectivity index (χ2v) is 4.45. The number of amides is 1. The van der Waals surface area contributed by atoms with Crippen molar-refractivity contribution >= 4 is 23.2 Å². The van der Waals surface area contributed by atoms with Crippen molar-refractivity contribution in [3.63, 3.8) is 0 Å². The smallest absolute Gasteiger partial charge is 0.229 e. The summed E-state index contributed by atoms with van der Waals surface area (Å²) >= 11 is 5.81. The van der Waals surface area contributed by atoms with Crippen LogP contribution in [0.4, 0.5) is 5.69 Å². The summed E-state index contributed by atoms with van der Waals surface area (Å²) in [7, 11) is 0. The minimum atomic E-state index is 0.148. The molecule has 3 heteroatoms. The number of hydrogen-bond acceptors (Lipinski definition) is 1. The number of rotatable bonds is 1. The van der Waals surface area contributed by atoms with Gasteiger partial charge in [-0.3, -0.25) is 4.79 Å². The van der Waals surface area contributed by atoms with Gasteiger partial charge in [-0.2, -0.15) is 0 Å². The molecule has 1 aromatic carbocycles. The lowest BCUT2D eigenvalue weighted by atomic mass is 9.99. The lowest BCUT2D eigenvalue weighted by Gasteiger charge is -2.30. The summed E-state index contributed by atoms with van der Waals surface area (Å²) in [5.74, 6) is 0.373. The van der Waals surface area contributed by atoms with Crippen molar-refractivity contribution in [2.75, 3.05) is 11.4 Å². The van der Waals surface area contributed by atoms with Crippen LogP contribution in [0.1, 0.15) is 19.8 Å². The van der Waals surface area contributed by atoms with Crippen molar-refractivity contribution < 1.29 is 4.79 Å². The van der Waals surface area contributed by atoms with E-state index in [9.17, 15) is 4.79 Å². The molecular formula is C12H14ClNO. The van der Waals surface area contributed by atoms with Gasteiger partial charge in [0.1, 0.15) is 0 Å². The van der Waals surface area contributed by atoms with E-state index < -0.39 is 0 Å². The Morgan fingerprint density at radius 1 is 1.33 bits per heavy atom. The molecule has 1 aliphatic rings. The Labute approximate surface area is 94.8 Å².